The van der Waals surface area contributed by atoms with Gasteiger partial charge in [-0.25, -0.2) is 0 Å². The van der Waals surface area contributed by atoms with Gasteiger partial charge in [0.25, 0.3) is 0 Å². The van der Waals surface area contributed by atoms with Gasteiger partial charge in [-0.3, -0.25) is 9.59 Å². The molecule has 6 nitrogen and oxygen atoms in total. The molecule has 0 bridgehead atoms. The van der Waals surface area contributed by atoms with Crippen LogP contribution in [0.4, 0.5) is 0 Å². The molecule has 0 aromatic rings. The van der Waals surface area contributed by atoms with Crippen LogP contribution in [-0.4, -0.2) is 47.6 Å². The number of aliphatic hydroxyl groups is 1. The molecule has 236 valence electrons. The molecule has 0 unspecified atom stereocenters. The second-order valence-electron chi connectivity index (χ2n) is 16.7. The van der Waals surface area contributed by atoms with Crippen LogP contribution in [0.1, 0.15) is 133 Å². The van der Waals surface area contributed by atoms with E-state index >= 15 is 0 Å². The summed E-state index contributed by atoms with van der Waals surface area (Å²) in [6, 6.07) is 0. The van der Waals surface area contributed by atoms with Gasteiger partial charge in [0.15, 0.2) is 0 Å². The molecule has 4 saturated carbocycles. The number of hydrogen-bond acceptors (Lipinski definition) is 6. The van der Waals surface area contributed by atoms with Gasteiger partial charge in [0.2, 0.25) is 0 Å². The van der Waals surface area contributed by atoms with Gasteiger partial charge in [0.1, 0.15) is 12.2 Å². The summed E-state index contributed by atoms with van der Waals surface area (Å²) in [5.74, 6) is 0.622. The first-order valence-electron chi connectivity index (χ1n) is 16.4. The van der Waals surface area contributed by atoms with Gasteiger partial charge in [-0.1, -0.05) is 34.6 Å². The zero-order chi connectivity index (χ0) is 30.8. The van der Waals surface area contributed by atoms with Crippen molar-refractivity contribution in [3.8, 4) is 0 Å². The summed E-state index contributed by atoms with van der Waals surface area (Å²) in [4.78, 5) is 24.6. The van der Waals surface area contributed by atoms with E-state index in [1.807, 2.05) is 6.92 Å². The van der Waals surface area contributed by atoms with Crippen LogP contribution in [0.15, 0.2) is 0 Å². The first-order valence-corrected chi connectivity index (χ1v) is 16.4. The van der Waals surface area contributed by atoms with E-state index in [0.717, 1.165) is 64.2 Å². The summed E-state index contributed by atoms with van der Waals surface area (Å²) < 4.78 is 17.8. The predicted octanol–water partition coefficient (Wildman–Crippen LogP) is 7.49. The fraction of sp³-hybridized carbons (Fsp3) is 0.943. The molecule has 10 atom stereocenters. The highest BCUT2D eigenvalue weighted by atomic mass is 16.5. The van der Waals surface area contributed by atoms with Crippen molar-refractivity contribution < 1.29 is 28.9 Å². The molecule has 4 rings (SSSR count). The molecule has 0 heterocycles. The lowest BCUT2D eigenvalue weighted by Crippen LogP contribution is -2.67. The molecule has 4 aliphatic carbocycles. The number of hydrogen-bond donors (Lipinski definition) is 1. The molecule has 0 aromatic carbocycles. The molecule has 0 spiro atoms. The average molecular weight is 577 g/mol. The van der Waals surface area contributed by atoms with Crippen molar-refractivity contribution in [2.45, 2.75) is 157 Å². The maximum Gasteiger partial charge on any atom is 0.302 e. The van der Waals surface area contributed by atoms with Crippen LogP contribution in [0.2, 0.25) is 0 Å². The largest absolute Gasteiger partial charge is 0.462 e. The average Bonchev–Trinajstić information content (AvgIpc) is 3.22. The van der Waals surface area contributed by atoms with Crippen molar-refractivity contribution in [1.82, 2.24) is 0 Å². The molecular formula is C35H60O6. The molecule has 1 N–H and O–H groups in total. The summed E-state index contributed by atoms with van der Waals surface area (Å²) >= 11 is 0. The Morgan fingerprint density at radius 3 is 2.02 bits per heavy atom. The number of esters is 2. The second kappa shape index (κ2) is 10.8. The molecule has 0 radical (unpaired) electrons. The third kappa shape index (κ3) is 5.40. The highest BCUT2D eigenvalue weighted by molar-refractivity contribution is 5.66. The first kappa shape index (κ1) is 32.8. The van der Waals surface area contributed by atoms with Crippen LogP contribution >= 0.6 is 0 Å². The Kier molecular flexibility index (Phi) is 8.62. The van der Waals surface area contributed by atoms with Crippen LogP contribution in [0.3, 0.4) is 0 Å². The van der Waals surface area contributed by atoms with E-state index in [9.17, 15) is 14.7 Å². The quantitative estimate of drug-likeness (QED) is 0.302. The minimum Gasteiger partial charge on any atom is -0.462 e. The summed E-state index contributed by atoms with van der Waals surface area (Å²) in [6.45, 7) is 21.4. The fourth-order valence-electron chi connectivity index (χ4n) is 11.3. The van der Waals surface area contributed by atoms with Gasteiger partial charge in [-0.2, -0.15) is 0 Å². The zero-order valence-corrected chi connectivity index (χ0v) is 28.0. The minimum atomic E-state index is -0.834. The third-order valence-electron chi connectivity index (χ3n) is 13.7. The summed E-state index contributed by atoms with van der Waals surface area (Å²) in [7, 11) is 1.75. The molecule has 4 fully saturated rings. The number of rotatable bonds is 8. The van der Waals surface area contributed by atoms with Gasteiger partial charge in [0, 0.05) is 32.3 Å². The summed E-state index contributed by atoms with van der Waals surface area (Å²) in [5, 5.41) is 12.1. The molecule has 4 aliphatic rings. The SMILES string of the molecule is COC(C)(C)CCC[C@@](C)(O)[C@H]1CC[C@]2(C)[C@@H]1[C@H](OC(C)=O)C[C@@H]1[C@@]3(C)CC[C@H](OC(C)=O)C(C)(C)[C@@H]3CC[C@]12C. The Bertz CT molecular complexity index is 1000. The van der Waals surface area contributed by atoms with Crippen LogP contribution in [-0.2, 0) is 23.8 Å². The molecule has 0 aromatic heterocycles. The highest BCUT2D eigenvalue weighted by Crippen LogP contribution is 2.76. The Labute approximate surface area is 250 Å². The van der Waals surface area contributed by atoms with Crippen LogP contribution in [0.25, 0.3) is 0 Å². The van der Waals surface area contributed by atoms with E-state index in [1.54, 1.807) is 14.0 Å². The maximum absolute atomic E-state index is 12.6. The van der Waals surface area contributed by atoms with E-state index in [1.165, 1.54) is 6.92 Å². The van der Waals surface area contributed by atoms with Crippen molar-refractivity contribution in [2.24, 2.45) is 45.3 Å². The number of carbonyl (C=O) groups excluding carboxylic acids is 2. The highest BCUT2D eigenvalue weighted by Gasteiger charge is 2.72. The lowest BCUT2D eigenvalue weighted by molar-refractivity contribution is -0.252. The lowest BCUT2D eigenvalue weighted by Gasteiger charge is -2.70. The molecule has 0 aliphatic heterocycles. The van der Waals surface area contributed by atoms with Crippen molar-refractivity contribution in [3.05, 3.63) is 0 Å². The van der Waals surface area contributed by atoms with Gasteiger partial charge in [-0.15, -0.1) is 0 Å². The van der Waals surface area contributed by atoms with Crippen molar-refractivity contribution in [3.63, 3.8) is 0 Å². The van der Waals surface area contributed by atoms with Crippen molar-refractivity contribution in [1.29, 1.82) is 0 Å². The number of ether oxygens (including phenoxy) is 3. The summed E-state index contributed by atoms with van der Waals surface area (Å²) in [6.07, 6.45) is 9.22. The smallest absolute Gasteiger partial charge is 0.302 e. The van der Waals surface area contributed by atoms with Crippen LogP contribution in [0.5, 0.6) is 0 Å². The van der Waals surface area contributed by atoms with E-state index in [-0.39, 0.29) is 63.2 Å². The van der Waals surface area contributed by atoms with E-state index in [0.29, 0.717) is 11.8 Å². The molecule has 41 heavy (non-hydrogen) atoms. The maximum atomic E-state index is 12.6. The monoisotopic (exact) mass is 576 g/mol. The van der Waals surface area contributed by atoms with E-state index in [4.69, 9.17) is 14.2 Å². The van der Waals surface area contributed by atoms with E-state index in [2.05, 4.69) is 48.5 Å². The van der Waals surface area contributed by atoms with Gasteiger partial charge in [0.05, 0.1) is 11.2 Å². The Morgan fingerprint density at radius 1 is 0.829 bits per heavy atom. The van der Waals surface area contributed by atoms with Gasteiger partial charge < -0.3 is 19.3 Å². The third-order valence-corrected chi connectivity index (χ3v) is 13.7. The Hall–Kier alpha value is -1.14. The van der Waals surface area contributed by atoms with Crippen molar-refractivity contribution in [2.75, 3.05) is 7.11 Å². The van der Waals surface area contributed by atoms with Crippen LogP contribution in [0, 0.1) is 45.3 Å². The number of methoxy groups -OCH3 is 1. The number of carbonyl (C=O) groups is 2. The van der Waals surface area contributed by atoms with Gasteiger partial charge >= 0.3 is 11.9 Å². The molecule has 0 saturated heterocycles. The fourth-order valence-corrected chi connectivity index (χ4v) is 11.3. The van der Waals surface area contributed by atoms with Gasteiger partial charge in [-0.05, 0) is 119 Å². The van der Waals surface area contributed by atoms with E-state index < -0.39 is 5.60 Å². The Balaban J connectivity index is 1.68. The van der Waals surface area contributed by atoms with Crippen molar-refractivity contribution >= 4 is 11.9 Å². The summed E-state index contributed by atoms with van der Waals surface area (Å²) in [5.41, 5.74) is -1.06. The molecular weight excluding hydrogens is 516 g/mol. The minimum absolute atomic E-state index is 0.0403. The second-order valence-corrected chi connectivity index (χ2v) is 16.7. The van der Waals surface area contributed by atoms with Crippen LogP contribution < -0.4 is 0 Å². The first-order chi connectivity index (χ1) is 18.7. The molecule has 0 amide bonds. The number of fused-ring (bicyclic) bond motifs is 5. The topological polar surface area (TPSA) is 82.1 Å². The zero-order valence-electron chi connectivity index (χ0n) is 28.0. The lowest BCUT2D eigenvalue weighted by atomic mass is 9.35. The normalized spacial score (nSPS) is 43.2. The Morgan fingerprint density at radius 2 is 1.44 bits per heavy atom. The standard InChI is InChI=1S/C35H60O6/c1-22(36)40-25-21-27-32(7)18-15-28(41-23(2)37)31(5,6)26(32)14-20-33(27,8)34(9)19-13-24(29(25)34)35(10,38)17-12-16-30(3,4)39-11/h24-29,38H,12-21H2,1-11H3/t24-,25+,26-,27+,28-,29-,32-,33+,34+,35+/m0/s1. The molecule has 6 heteroatoms. The predicted molar refractivity (Wildman–Crippen MR) is 161 cm³/mol.